The number of rotatable bonds is 2. The second-order valence-corrected chi connectivity index (χ2v) is 8.78. The average molecular weight is 355 g/mol. The molecule has 0 aromatic carbocycles. The minimum atomic E-state index is -1.85. The van der Waals surface area contributed by atoms with Crippen LogP contribution in [0.4, 0.5) is 0 Å². The summed E-state index contributed by atoms with van der Waals surface area (Å²) >= 11 is 8.89. The van der Waals surface area contributed by atoms with Crippen molar-refractivity contribution in [3.63, 3.8) is 0 Å². The molecule has 66 valence electrons. The van der Waals surface area contributed by atoms with Gasteiger partial charge in [-0.2, -0.15) is 0 Å². The average Bonchev–Trinajstić information content (AvgIpc) is 1.83. The van der Waals surface area contributed by atoms with Crippen LogP contribution < -0.4 is 0 Å². The molecule has 0 saturated heterocycles. The molecule has 0 aliphatic heterocycles. The van der Waals surface area contributed by atoms with Crippen molar-refractivity contribution in [3.8, 4) is 0 Å². The Bertz CT molecular complexity index is 165. The number of hydrogen-bond donors (Lipinski definition) is 2. The van der Waals surface area contributed by atoms with Crippen molar-refractivity contribution in [2.75, 3.05) is 0 Å². The summed E-state index contributed by atoms with van der Waals surface area (Å²) in [6.45, 7) is 1.58. The van der Waals surface area contributed by atoms with E-state index in [1.807, 2.05) is 0 Å². The molecule has 0 rings (SSSR count). The van der Waals surface area contributed by atoms with Gasteiger partial charge in [-0.25, -0.2) is 4.79 Å². The third kappa shape index (κ3) is 2.40. The summed E-state index contributed by atoms with van der Waals surface area (Å²) in [6, 6.07) is 0. The van der Waals surface area contributed by atoms with E-state index in [-0.39, 0.29) is 6.42 Å². The molecule has 0 heterocycles. The van der Waals surface area contributed by atoms with Crippen molar-refractivity contribution in [2.45, 2.75) is 21.1 Å². The van der Waals surface area contributed by atoms with E-state index in [1.54, 1.807) is 6.92 Å². The lowest BCUT2D eigenvalue weighted by atomic mass is 10.0. The number of aliphatic hydroxyl groups is 1. The standard InChI is InChI=1S/C5H7Br3O3/c1-2-4(11,3(9)10)5(6,7)8/h11H,2H2,1H3,(H,9,10). The van der Waals surface area contributed by atoms with Gasteiger partial charge in [0.1, 0.15) is 0 Å². The van der Waals surface area contributed by atoms with E-state index < -0.39 is 13.7 Å². The van der Waals surface area contributed by atoms with Crippen LogP contribution in [0, 0.1) is 0 Å². The van der Waals surface area contributed by atoms with Crippen molar-refractivity contribution < 1.29 is 15.0 Å². The van der Waals surface area contributed by atoms with E-state index in [0.717, 1.165) is 0 Å². The summed E-state index contributed by atoms with van der Waals surface area (Å²) in [7, 11) is 0. The van der Waals surface area contributed by atoms with Gasteiger partial charge in [-0.1, -0.05) is 54.7 Å². The van der Waals surface area contributed by atoms with Crippen LogP contribution in [0.2, 0.25) is 0 Å². The molecule has 1 atom stereocenters. The Morgan fingerprint density at radius 3 is 1.82 bits per heavy atom. The second kappa shape index (κ2) is 3.72. The quantitative estimate of drug-likeness (QED) is 0.746. The number of alkyl halides is 3. The first-order chi connectivity index (χ1) is 4.75. The Labute approximate surface area is 89.6 Å². The van der Waals surface area contributed by atoms with Crippen molar-refractivity contribution in [3.05, 3.63) is 0 Å². The van der Waals surface area contributed by atoms with Crippen LogP contribution in [-0.2, 0) is 4.79 Å². The van der Waals surface area contributed by atoms with Gasteiger partial charge in [-0.05, 0) is 6.42 Å². The van der Waals surface area contributed by atoms with Crippen molar-refractivity contribution in [1.29, 1.82) is 0 Å². The Kier molecular flexibility index (Phi) is 4.02. The fraction of sp³-hybridized carbons (Fsp3) is 0.800. The minimum absolute atomic E-state index is 0.0874. The zero-order chi connectivity index (χ0) is 9.28. The van der Waals surface area contributed by atoms with Gasteiger partial charge in [0.2, 0.25) is 0 Å². The smallest absolute Gasteiger partial charge is 0.339 e. The van der Waals surface area contributed by atoms with Gasteiger partial charge < -0.3 is 10.2 Å². The van der Waals surface area contributed by atoms with E-state index >= 15 is 0 Å². The van der Waals surface area contributed by atoms with Crippen LogP contribution >= 0.6 is 47.8 Å². The Morgan fingerprint density at radius 1 is 1.45 bits per heavy atom. The van der Waals surface area contributed by atoms with Gasteiger partial charge >= 0.3 is 5.97 Å². The molecule has 0 saturated carbocycles. The van der Waals surface area contributed by atoms with Gasteiger partial charge in [-0.15, -0.1) is 0 Å². The van der Waals surface area contributed by atoms with Crippen molar-refractivity contribution in [1.82, 2.24) is 0 Å². The fourth-order valence-corrected chi connectivity index (χ4v) is 1.82. The van der Waals surface area contributed by atoms with Gasteiger partial charge in [0.25, 0.3) is 0 Å². The Balaban J connectivity index is 4.75. The van der Waals surface area contributed by atoms with Gasteiger partial charge in [0.15, 0.2) is 7.74 Å². The molecule has 2 N–H and O–H groups in total. The van der Waals surface area contributed by atoms with E-state index in [1.165, 1.54) is 0 Å². The summed E-state index contributed by atoms with van der Waals surface area (Å²) in [4.78, 5) is 10.6. The number of carboxylic acid groups (broad SMARTS) is 1. The number of aliphatic carboxylic acids is 1. The lowest BCUT2D eigenvalue weighted by Crippen LogP contribution is -2.48. The maximum Gasteiger partial charge on any atom is 0.339 e. The first-order valence-electron chi connectivity index (χ1n) is 2.78. The van der Waals surface area contributed by atoms with E-state index in [4.69, 9.17) is 5.11 Å². The van der Waals surface area contributed by atoms with Gasteiger partial charge in [-0.3, -0.25) is 0 Å². The molecule has 6 heteroatoms. The van der Waals surface area contributed by atoms with Crippen LogP contribution in [0.25, 0.3) is 0 Å². The summed E-state index contributed by atoms with van der Waals surface area (Å²) < 4.78 is -1.18. The molecule has 11 heavy (non-hydrogen) atoms. The normalized spacial score (nSPS) is 17.5. The zero-order valence-corrected chi connectivity index (χ0v) is 10.4. The summed E-state index contributed by atoms with van der Waals surface area (Å²) in [5.74, 6) is -1.29. The van der Waals surface area contributed by atoms with Crippen LogP contribution in [0.1, 0.15) is 13.3 Å². The van der Waals surface area contributed by atoms with E-state index in [9.17, 15) is 9.90 Å². The SMILES string of the molecule is CCC(O)(C(=O)O)C(Br)(Br)Br. The molecule has 0 aliphatic rings. The first kappa shape index (κ1) is 11.9. The topological polar surface area (TPSA) is 57.5 Å². The first-order valence-corrected chi connectivity index (χ1v) is 5.16. The molecule has 0 radical (unpaired) electrons. The molecule has 1 unspecified atom stereocenters. The molecule has 3 nitrogen and oxygen atoms in total. The number of hydrogen-bond acceptors (Lipinski definition) is 2. The molecule has 0 amide bonds. The maximum atomic E-state index is 10.6. The van der Waals surface area contributed by atoms with Crippen LogP contribution in [-0.4, -0.2) is 23.9 Å². The number of carboxylic acids is 1. The monoisotopic (exact) mass is 352 g/mol. The Hall–Kier alpha value is 0.870. The second-order valence-electron chi connectivity index (χ2n) is 2.02. The lowest BCUT2D eigenvalue weighted by molar-refractivity contribution is -0.157. The van der Waals surface area contributed by atoms with Gasteiger partial charge in [0, 0.05) is 0 Å². The zero-order valence-electron chi connectivity index (χ0n) is 5.64. The molecule has 0 spiro atoms. The van der Waals surface area contributed by atoms with E-state index in [2.05, 4.69) is 47.8 Å². The Morgan fingerprint density at radius 2 is 1.82 bits per heavy atom. The van der Waals surface area contributed by atoms with Crippen molar-refractivity contribution >= 4 is 53.8 Å². The largest absolute Gasteiger partial charge is 0.479 e. The molecule has 0 bridgehead atoms. The lowest BCUT2D eigenvalue weighted by Gasteiger charge is -2.29. The predicted molar refractivity (Wildman–Crippen MR) is 52.4 cm³/mol. The number of halogens is 3. The van der Waals surface area contributed by atoms with Crippen molar-refractivity contribution in [2.24, 2.45) is 0 Å². The predicted octanol–water partition coefficient (Wildman–Crippen LogP) is 2.05. The number of carbonyl (C=O) groups is 1. The van der Waals surface area contributed by atoms with Crippen LogP contribution in [0.5, 0.6) is 0 Å². The van der Waals surface area contributed by atoms with E-state index in [0.29, 0.717) is 0 Å². The molecular weight excluding hydrogens is 348 g/mol. The van der Waals surface area contributed by atoms with Crippen LogP contribution in [0.3, 0.4) is 0 Å². The molecular formula is C5H7Br3O3. The van der Waals surface area contributed by atoms with Gasteiger partial charge in [0.05, 0.1) is 0 Å². The third-order valence-corrected chi connectivity index (χ3v) is 3.30. The fourth-order valence-electron chi connectivity index (χ4n) is 0.473. The third-order valence-electron chi connectivity index (χ3n) is 1.33. The molecule has 0 fully saturated rings. The highest BCUT2D eigenvalue weighted by Gasteiger charge is 2.50. The maximum absolute atomic E-state index is 10.6. The highest BCUT2D eigenvalue weighted by atomic mass is 80.0. The molecule has 0 aromatic rings. The molecule has 0 aromatic heterocycles. The summed E-state index contributed by atoms with van der Waals surface area (Å²) in [6.07, 6.45) is 0.0874. The highest BCUT2D eigenvalue weighted by Crippen LogP contribution is 2.45. The highest BCUT2D eigenvalue weighted by molar-refractivity contribution is 9.39. The minimum Gasteiger partial charge on any atom is -0.479 e. The summed E-state index contributed by atoms with van der Waals surface area (Å²) in [5.41, 5.74) is -1.85. The van der Waals surface area contributed by atoms with Crippen LogP contribution in [0.15, 0.2) is 0 Å². The molecule has 0 aliphatic carbocycles. The summed E-state index contributed by atoms with van der Waals surface area (Å²) in [5, 5.41) is 18.1.